The van der Waals surface area contributed by atoms with Crippen LogP contribution in [0, 0.1) is 0 Å². The third-order valence-corrected chi connectivity index (χ3v) is 4.50. The summed E-state index contributed by atoms with van der Waals surface area (Å²) in [5, 5.41) is 0.428. The lowest BCUT2D eigenvalue weighted by Gasteiger charge is -2.09. The molecule has 0 saturated carbocycles. The second-order valence-corrected chi connectivity index (χ2v) is 6.31. The van der Waals surface area contributed by atoms with Crippen molar-refractivity contribution in [3.63, 3.8) is 0 Å². The molecule has 19 heavy (non-hydrogen) atoms. The number of aromatic nitrogens is 1. The minimum absolute atomic E-state index is 0.126. The molecular formula is C13H12ClNO3S. The number of rotatable bonds is 4. The first-order valence-corrected chi connectivity index (χ1v) is 7.51. The number of hydrogen-bond acceptors (Lipinski definition) is 4. The topological polar surface area (TPSA) is 56.3 Å². The van der Waals surface area contributed by atoms with Gasteiger partial charge in [-0.05, 0) is 23.8 Å². The Hall–Kier alpha value is -1.59. The SMILES string of the molecule is COc1cc(Cl)ccc1S(=O)(=O)Cc1cccnc1. The summed E-state index contributed by atoms with van der Waals surface area (Å²) >= 11 is 5.82. The molecule has 0 saturated heterocycles. The molecule has 0 radical (unpaired) electrons. The molecule has 0 aliphatic rings. The molecular weight excluding hydrogens is 286 g/mol. The molecule has 0 atom stereocenters. The van der Waals surface area contributed by atoms with Gasteiger partial charge in [-0.25, -0.2) is 8.42 Å². The van der Waals surface area contributed by atoms with Crippen LogP contribution in [0.3, 0.4) is 0 Å². The molecule has 0 spiro atoms. The number of sulfone groups is 1. The molecule has 6 heteroatoms. The summed E-state index contributed by atoms with van der Waals surface area (Å²) in [4.78, 5) is 4.03. The van der Waals surface area contributed by atoms with Gasteiger partial charge in [0.2, 0.25) is 0 Å². The van der Waals surface area contributed by atoms with Crippen LogP contribution in [-0.2, 0) is 15.6 Å². The highest BCUT2D eigenvalue weighted by molar-refractivity contribution is 7.90. The summed E-state index contributed by atoms with van der Waals surface area (Å²) in [6.07, 6.45) is 3.12. The Morgan fingerprint density at radius 3 is 2.74 bits per heavy atom. The highest BCUT2D eigenvalue weighted by Gasteiger charge is 2.20. The third-order valence-electron chi connectivity index (χ3n) is 2.54. The number of ether oxygens (including phenoxy) is 1. The average molecular weight is 298 g/mol. The van der Waals surface area contributed by atoms with Gasteiger partial charge in [0, 0.05) is 23.5 Å². The normalized spacial score (nSPS) is 11.3. The Balaban J connectivity index is 2.40. The Labute approximate surface area is 116 Å². The molecule has 2 rings (SSSR count). The van der Waals surface area contributed by atoms with Gasteiger partial charge in [-0.15, -0.1) is 0 Å². The van der Waals surface area contributed by atoms with Gasteiger partial charge in [0.25, 0.3) is 0 Å². The van der Waals surface area contributed by atoms with Crippen molar-refractivity contribution in [3.05, 3.63) is 53.3 Å². The molecule has 100 valence electrons. The van der Waals surface area contributed by atoms with Crippen LogP contribution in [0.15, 0.2) is 47.6 Å². The van der Waals surface area contributed by atoms with Gasteiger partial charge < -0.3 is 4.74 Å². The van der Waals surface area contributed by atoms with E-state index in [2.05, 4.69) is 4.98 Å². The monoisotopic (exact) mass is 297 g/mol. The molecule has 0 aliphatic carbocycles. The summed E-state index contributed by atoms with van der Waals surface area (Å²) in [6.45, 7) is 0. The summed E-state index contributed by atoms with van der Waals surface area (Å²) in [5.74, 6) is 0.120. The van der Waals surface area contributed by atoms with Gasteiger partial charge in [-0.1, -0.05) is 17.7 Å². The number of pyridine rings is 1. The zero-order chi connectivity index (χ0) is 13.9. The highest BCUT2D eigenvalue weighted by atomic mass is 35.5. The van der Waals surface area contributed by atoms with Crippen LogP contribution < -0.4 is 4.74 Å². The van der Waals surface area contributed by atoms with Crippen molar-refractivity contribution in [3.8, 4) is 5.75 Å². The quantitative estimate of drug-likeness (QED) is 0.870. The fraction of sp³-hybridized carbons (Fsp3) is 0.154. The first kappa shape index (κ1) is 13.8. The predicted molar refractivity (Wildman–Crippen MR) is 73.1 cm³/mol. The van der Waals surface area contributed by atoms with Crippen LogP contribution in [0.2, 0.25) is 5.02 Å². The highest BCUT2D eigenvalue weighted by Crippen LogP contribution is 2.29. The molecule has 1 aromatic carbocycles. The average Bonchev–Trinajstić information content (AvgIpc) is 2.38. The fourth-order valence-electron chi connectivity index (χ4n) is 1.68. The maximum Gasteiger partial charge on any atom is 0.186 e. The van der Waals surface area contributed by atoms with E-state index in [1.807, 2.05) is 0 Å². The van der Waals surface area contributed by atoms with E-state index in [1.165, 1.54) is 31.5 Å². The van der Waals surface area contributed by atoms with E-state index in [9.17, 15) is 8.42 Å². The zero-order valence-corrected chi connectivity index (χ0v) is 11.8. The number of benzene rings is 1. The maximum absolute atomic E-state index is 12.3. The molecule has 0 bridgehead atoms. The molecule has 4 nitrogen and oxygen atoms in total. The standard InChI is InChI=1S/C13H12ClNO3S/c1-18-12-7-11(14)4-5-13(12)19(16,17)9-10-3-2-6-15-8-10/h2-8H,9H2,1H3. The predicted octanol–water partition coefficient (Wildman–Crippen LogP) is 2.72. The summed E-state index contributed by atoms with van der Waals surface area (Å²) in [6, 6.07) is 7.88. The number of nitrogens with zero attached hydrogens (tertiary/aromatic N) is 1. The first-order valence-electron chi connectivity index (χ1n) is 5.48. The lowest BCUT2D eigenvalue weighted by Crippen LogP contribution is -2.07. The molecule has 0 N–H and O–H groups in total. The molecule has 0 unspecified atom stereocenters. The van der Waals surface area contributed by atoms with Crippen molar-refractivity contribution >= 4 is 21.4 Å². The second kappa shape index (κ2) is 5.59. The van der Waals surface area contributed by atoms with Crippen molar-refractivity contribution in [2.75, 3.05) is 7.11 Å². The number of methoxy groups -OCH3 is 1. The van der Waals surface area contributed by atoms with Crippen LogP contribution >= 0.6 is 11.6 Å². The molecule has 0 amide bonds. The van der Waals surface area contributed by atoms with E-state index in [0.29, 0.717) is 10.6 Å². The Kier molecular flexibility index (Phi) is 4.07. The van der Waals surface area contributed by atoms with Crippen molar-refractivity contribution in [1.82, 2.24) is 4.98 Å². The van der Waals surface area contributed by atoms with E-state index in [0.717, 1.165) is 0 Å². The van der Waals surface area contributed by atoms with Gasteiger partial charge in [-0.2, -0.15) is 0 Å². The van der Waals surface area contributed by atoms with E-state index in [4.69, 9.17) is 16.3 Å². The Morgan fingerprint density at radius 2 is 2.11 bits per heavy atom. The van der Waals surface area contributed by atoms with Gasteiger partial charge in [0.1, 0.15) is 10.6 Å². The van der Waals surface area contributed by atoms with Crippen molar-refractivity contribution in [2.45, 2.75) is 10.6 Å². The van der Waals surface area contributed by atoms with Gasteiger partial charge in [0.05, 0.1) is 12.9 Å². The van der Waals surface area contributed by atoms with E-state index in [-0.39, 0.29) is 16.4 Å². The smallest absolute Gasteiger partial charge is 0.186 e. The van der Waals surface area contributed by atoms with Crippen molar-refractivity contribution in [1.29, 1.82) is 0 Å². The first-order chi connectivity index (χ1) is 9.03. The van der Waals surface area contributed by atoms with Crippen LogP contribution in [0.5, 0.6) is 5.75 Å². The second-order valence-electron chi connectivity index (χ2n) is 3.92. The van der Waals surface area contributed by atoms with E-state index >= 15 is 0 Å². The van der Waals surface area contributed by atoms with Gasteiger partial charge in [0.15, 0.2) is 9.84 Å². The number of halogens is 1. The van der Waals surface area contributed by atoms with Crippen LogP contribution in [0.25, 0.3) is 0 Å². The van der Waals surface area contributed by atoms with Crippen molar-refractivity contribution in [2.24, 2.45) is 0 Å². The van der Waals surface area contributed by atoms with Crippen LogP contribution in [0.1, 0.15) is 5.56 Å². The maximum atomic E-state index is 12.3. The van der Waals surface area contributed by atoms with E-state index in [1.54, 1.807) is 18.3 Å². The molecule has 0 aliphatic heterocycles. The third kappa shape index (κ3) is 3.24. The minimum atomic E-state index is -3.50. The van der Waals surface area contributed by atoms with Crippen molar-refractivity contribution < 1.29 is 13.2 Å². The van der Waals surface area contributed by atoms with E-state index < -0.39 is 9.84 Å². The largest absolute Gasteiger partial charge is 0.495 e. The van der Waals surface area contributed by atoms with Gasteiger partial charge in [-0.3, -0.25) is 4.98 Å². The fourth-order valence-corrected chi connectivity index (χ4v) is 3.33. The minimum Gasteiger partial charge on any atom is -0.495 e. The Morgan fingerprint density at radius 1 is 1.32 bits per heavy atom. The van der Waals surface area contributed by atoms with Gasteiger partial charge >= 0.3 is 0 Å². The lowest BCUT2D eigenvalue weighted by molar-refractivity contribution is 0.402. The lowest BCUT2D eigenvalue weighted by atomic mass is 10.3. The van der Waals surface area contributed by atoms with Crippen LogP contribution in [-0.4, -0.2) is 20.5 Å². The summed E-state index contributed by atoms with van der Waals surface area (Å²) < 4.78 is 29.8. The summed E-state index contributed by atoms with van der Waals surface area (Å²) in [7, 11) is -2.09. The molecule has 1 heterocycles. The molecule has 2 aromatic rings. The zero-order valence-electron chi connectivity index (χ0n) is 10.2. The molecule has 1 aromatic heterocycles. The summed E-state index contributed by atoms with van der Waals surface area (Å²) in [5.41, 5.74) is 0.625. The number of hydrogen-bond donors (Lipinski definition) is 0. The van der Waals surface area contributed by atoms with Crippen LogP contribution in [0.4, 0.5) is 0 Å². The molecule has 0 fully saturated rings. The Bertz CT molecular complexity index is 672.